The Kier molecular flexibility index (Phi) is 3.07. The molecule has 0 spiro atoms. The van der Waals surface area contributed by atoms with Crippen LogP contribution in [0, 0.1) is 0 Å². The molecule has 1 aliphatic heterocycles. The Morgan fingerprint density at radius 1 is 1.47 bits per heavy atom. The van der Waals surface area contributed by atoms with E-state index in [1.807, 2.05) is 6.08 Å². The van der Waals surface area contributed by atoms with Crippen molar-refractivity contribution in [2.75, 3.05) is 25.0 Å². The fraction of sp³-hybridized carbons (Fsp3) is 0.385. The van der Waals surface area contributed by atoms with Crippen LogP contribution in [0.25, 0.3) is 6.08 Å². The Balaban J connectivity index is 2.31. The van der Waals surface area contributed by atoms with Crippen LogP contribution in [0.2, 0.25) is 0 Å². The molecule has 0 atom stereocenters. The SMILES string of the molecule is CN1CCCc2ccc(/C=C/CN)cc21. The molecule has 15 heavy (non-hydrogen) atoms. The molecule has 2 heteroatoms. The van der Waals surface area contributed by atoms with Crippen LogP contribution in [0.4, 0.5) is 5.69 Å². The topological polar surface area (TPSA) is 29.3 Å². The number of benzene rings is 1. The quantitative estimate of drug-likeness (QED) is 0.795. The van der Waals surface area contributed by atoms with E-state index in [0.29, 0.717) is 6.54 Å². The van der Waals surface area contributed by atoms with Gasteiger partial charge in [-0.05, 0) is 30.0 Å². The number of rotatable bonds is 2. The van der Waals surface area contributed by atoms with Crippen molar-refractivity contribution >= 4 is 11.8 Å². The molecule has 1 aromatic rings. The number of fused-ring (bicyclic) bond motifs is 1. The molecule has 2 N–H and O–H groups in total. The molecule has 1 aliphatic rings. The van der Waals surface area contributed by atoms with Crippen LogP contribution in [-0.2, 0) is 6.42 Å². The van der Waals surface area contributed by atoms with Crippen LogP contribution in [-0.4, -0.2) is 20.1 Å². The monoisotopic (exact) mass is 202 g/mol. The van der Waals surface area contributed by atoms with Crippen LogP contribution in [0.3, 0.4) is 0 Å². The third kappa shape index (κ3) is 2.21. The van der Waals surface area contributed by atoms with Crippen molar-refractivity contribution in [1.29, 1.82) is 0 Å². The minimum atomic E-state index is 0.604. The lowest BCUT2D eigenvalue weighted by Crippen LogP contribution is -2.24. The molecule has 0 aliphatic carbocycles. The maximum absolute atomic E-state index is 5.44. The summed E-state index contributed by atoms with van der Waals surface area (Å²) >= 11 is 0. The first-order chi connectivity index (χ1) is 7.31. The standard InChI is InChI=1S/C13H18N2/c1-15-9-3-5-12-7-6-11(4-2-8-14)10-13(12)15/h2,4,6-7,10H,3,5,8-9,14H2,1H3/b4-2+. The molecule has 1 heterocycles. The van der Waals surface area contributed by atoms with Gasteiger partial charge in [0, 0.05) is 25.8 Å². The van der Waals surface area contributed by atoms with Crippen molar-refractivity contribution in [3.8, 4) is 0 Å². The van der Waals surface area contributed by atoms with E-state index in [1.54, 1.807) is 0 Å². The lowest BCUT2D eigenvalue weighted by molar-refractivity contribution is 0.744. The molecule has 0 bridgehead atoms. The maximum Gasteiger partial charge on any atom is 0.0402 e. The van der Waals surface area contributed by atoms with Crippen LogP contribution in [0.15, 0.2) is 24.3 Å². The Hall–Kier alpha value is -1.28. The predicted molar refractivity (Wildman–Crippen MR) is 66.1 cm³/mol. The average molecular weight is 202 g/mol. The first-order valence-corrected chi connectivity index (χ1v) is 5.52. The van der Waals surface area contributed by atoms with Gasteiger partial charge in [-0.3, -0.25) is 0 Å². The summed E-state index contributed by atoms with van der Waals surface area (Å²) in [6.45, 7) is 1.77. The number of anilines is 1. The predicted octanol–water partition coefficient (Wildman–Crippen LogP) is 2.04. The second-order valence-electron chi connectivity index (χ2n) is 4.05. The van der Waals surface area contributed by atoms with E-state index in [-0.39, 0.29) is 0 Å². The molecule has 0 aromatic heterocycles. The number of nitrogens with zero attached hydrogens (tertiary/aromatic N) is 1. The summed E-state index contributed by atoms with van der Waals surface area (Å²) in [5.74, 6) is 0. The largest absolute Gasteiger partial charge is 0.374 e. The third-order valence-electron chi connectivity index (χ3n) is 2.91. The molecule has 0 amide bonds. The second kappa shape index (κ2) is 4.49. The molecular weight excluding hydrogens is 184 g/mol. The second-order valence-corrected chi connectivity index (χ2v) is 4.05. The zero-order chi connectivity index (χ0) is 10.7. The van der Waals surface area contributed by atoms with Gasteiger partial charge in [0.2, 0.25) is 0 Å². The summed E-state index contributed by atoms with van der Waals surface area (Å²) in [6.07, 6.45) is 6.55. The lowest BCUT2D eigenvalue weighted by Gasteiger charge is -2.27. The van der Waals surface area contributed by atoms with Gasteiger partial charge in [-0.1, -0.05) is 24.3 Å². The highest BCUT2D eigenvalue weighted by atomic mass is 15.1. The number of hydrogen-bond donors (Lipinski definition) is 1. The Morgan fingerprint density at radius 3 is 3.13 bits per heavy atom. The van der Waals surface area contributed by atoms with Crippen molar-refractivity contribution in [2.45, 2.75) is 12.8 Å². The van der Waals surface area contributed by atoms with Gasteiger partial charge >= 0.3 is 0 Å². The molecule has 0 saturated carbocycles. The van der Waals surface area contributed by atoms with Gasteiger partial charge in [0.1, 0.15) is 0 Å². The van der Waals surface area contributed by atoms with E-state index in [4.69, 9.17) is 5.73 Å². The van der Waals surface area contributed by atoms with Gasteiger partial charge in [-0.15, -0.1) is 0 Å². The van der Waals surface area contributed by atoms with Crippen LogP contribution >= 0.6 is 0 Å². The normalized spacial score (nSPS) is 15.7. The fourth-order valence-electron chi connectivity index (χ4n) is 2.08. The molecule has 2 rings (SSSR count). The van der Waals surface area contributed by atoms with Gasteiger partial charge in [0.25, 0.3) is 0 Å². The van der Waals surface area contributed by atoms with E-state index >= 15 is 0 Å². The average Bonchev–Trinajstić information content (AvgIpc) is 2.27. The molecule has 0 radical (unpaired) electrons. The minimum Gasteiger partial charge on any atom is -0.374 e. The summed E-state index contributed by atoms with van der Waals surface area (Å²) in [7, 11) is 2.16. The highest BCUT2D eigenvalue weighted by molar-refractivity contribution is 5.63. The van der Waals surface area contributed by atoms with Crippen molar-refractivity contribution in [3.63, 3.8) is 0 Å². The summed E-state index contributed by atoms with van der Waals surface area (Å²) in [5.41, 5.74) is 9.53. The Labute approximate surface area is 91.4 Å². The van der Waals surface area contributed by atoms with Gasteiger partial charge in [-0.2, -0.15) is 0 Å². The van der Waals surface area contributed by atoms with Gasteiger partial charge in [0.15, 0.2) is 0 Å². The number of hydrogen-bond acceptors (Lipinski definition) is 2. The van der Waals surface area contributed by atoms with Crippen molar-refractivity contribution < 1.29 is 0 Å². The number of nitrogens with two attached hydrogens (primary N) is 1. The number of aryl methyl sites for hydroxylation is 1. The van der Waals surface area contributed by atoms with Crippen molar-refractivity contribution in [2.24, 2.45) is 5.73 Å². The maximum atomic E-state index is 5.44. The highest BCUT2D eigenvalue weighted by Crippen LogP contribution is 2.27. The minimum absolute atomic E-state index is 0.604. The van der Waals surface area contributed by atoms with E-state index in [1.165, 1.54) is 29.7 Å². The van der Waals surface area contributed by atoms with Gasteiger partial charge < -0.3 is 10.6 Å². The zero-order valence-corrected chi connectivity index (χ0v) is 9.24. The molecule has 1 aromatic carbocycles. The van der Waals surface area contributed by atoms with Crippen molar-refractivity contribution in [1.82, 2.24) is 0 Å². The lowest BCUT2D eigenvalue weighted by atomic mass is 10.00. The molecule has 0 unspecified atom stereocenters. The summed E-state index contributed by atoms with van der Waals surface area (Å²) in [4.78, 5) is 2.33. The highest BCUT2D eigenvalue weighted by Gasteiger charge is 2.12. The van der Waals surface area contributed by atoms with E-state index in [9.17, 15) is 0 Å². The summed E-state index contributed by atoms with van der Waals surface area (Å²) < 4.78 is 0. The van der Waals surface area contributed by atoms with Crippen LogP contribution < -0.4 is 10.6 Å². The molecule has 0 fully saturated rings. The van der Waals surface area contributed by atoms with E-state index < -0.39 is 0 Å². The molecule has 80 valence electrons. The first kappa shape index (κ1) is 10.2. The third-order valence-corrected chi connectivity index (χ3v) is 2.91. The summed E-state index contributed by atoms with van der Waals surface area (Å²) in [5, 5.41) is 0. The van der Waals surface area contributed by atoms with Crippen LogP contribution in [0.5, 0.6) is 0 Å². The van der Waals surface area contributed by atoms with Crippen molar-refractivity contribution in [3.05, 3.63) is 35.4 Å². The Bertz CT molecular complexity index is 369. The smallest absolute Gasteiger partial charge is 0.0402 e. The molecule has 2 nitrogen and oxygen atoms in total. The first-order valence-electron chi connectivity index (χ1n) is 5.52. The van der Waals surface area contributed by atoms with Gasteiger partial charge in [-0.25, -0.2) is 0 Å². The summed E-state index contributed by atoms with van der Waals surface area (Å²) in [6, 6.07) is 6.66. The zero-order valence-electron chi connectivity index (χ0n) is 9.24. The molecular formula is C13H18N2. The van der Waals surface area contributed by atoms with E-state index in [2.05, 4.69) is 36.2 Å². The van der Waals surface area contributed by atoms with E-state index in [0.717, 1.165) is 6.54 Å². The van der Waals surface area contributed by atoms with Crippen LogP contribution in [0.1, 0.15) is 17.5 Å². The Morgan fingerprint density at radius 2 is 2.33 bits per heavy atom. The fourth-order valence-corrected chi connectivity index (χ4v) is 2.08. The molecule has 0 saturated heterocycles. The van der Waals surface area contributed by atoms with Gasteiger partial charge in [0.05, 0.1) is 0 Å².